The maximum atomic E-state index is 11.2. The molecule has 0 radical (unpaired) electrons. The molecule has 4 rings (SSSR count). The van der Waals surface area contributed by atoms with Crippen LogP contribution in [-0.4, -0.2) is 45.7 Å². The first-order valence-electron chi connectivity index (χ1n) is 10.5. The van der Waals surface area contributed by atoms with Gasteiger partial charge < -0.3 is 29.2 Å². The van der Waals surface area contributed by atoms with E-state index in [1.54, 1.807) is 19.4 Å². The van der Waals surface area contributed by atoms with E-state index in [1.165, 1.54) is 5.69 Å². The first-order valence-corrected chi connectivity index (χ1v) is 10.5. The van der Waals surface area contributed by atoms with Crippen molar-refractivity contribution in [3.63, 3.8) is 0 Å². The lowest BCUT2D eigenvalue weighted by molar-refractivity contribution is -0.108. The Labute approximate surface area is 177 Å². The number of nitrogens with zero attached hydrogens (tertiary/aromatic N) is 1. The molecule has 0 spiro atoms. The van der Waals surface area contributed by atoms with Crippen molar-refractivity contribution in [3.05, 3.63) is 60.4 Å². The zero-order valence-electron chi connectivity index (χ0n) is 17.3. The molecule has 1 fully saturated rings. The minimum Gasteiger partial charge on any atom is -0.497 e. The van der Waals surface area contributed by atoms with Crippen LogP contribution in [0.1, 0.15) is 24.3 Å². The van der Waals surface area contributed by atoms with Crippen LogP contribution in [0, 0.1) is 0 Å². The van der Waals surface area contributed by atoms with Gasteiger partial charge in [-0.2, -0.15) is 0 Å². The molecule has 30 heavy (non-hydrogen) atoms. The lowest BCUT2D eigenvalue weighted by atomic mass is 9.98. The number of piperazine rings is 1. The Kier molecular flexibility index (Phi) is 6.54. The predicted octanol–water partition coefficient (Wildman–Crippen LogP) is 3.52. The zero-order chi connectivity index (χ0) is 20.8. The molecule has 158 valence electrons. The Bertz CT molecular complexity index is 899. The average molecular weight is 408 g/mol. The Morgan fingerprint density at radius 2 is 2.17 bits per heavy atom. The largest absolute Gasteiger partial charge is 0.497 e. The fourth-order valence-corrected chi connectivity index (χ4v) is 4.06. The van der Waals surface area contributed by atoms with Crippen LogP contribution < -0.4 is 24.4 Å². The molecule has 2 atom stereocenters. The van der Waals surface area contributed by atoms with Gasteiger partial charge in [-0.3, -0.25) is 0 Å². The quantitative estimate of drug-likeness (QED) is 0.533. The molecule has 2 aliphatic heterocycles. The number of fused-ring (bicyclic) bond motifs is 1. The van der Waals surface area contributed by atoms with Gasteiger partial charge in [0.05, 0.1) is 25.9 Å². The highest BCUT2D eigenvalue weighted by molar-refractivity contribution is 5.69. The molecule has 0 amide bonds. The molecular weight excluding hydrogens is 380 g/mol. The number of methoxy groups -OCH3 is 1. The summed E-state index contributed by atoms with van der Waals surface area (Å²) in [7, 11) is 1.70. The van der Waals surface area contributed by atoms with Gasteiger partial charge in [0.15, 0.2) is 0 Å². The summed E-state index contributed by atoms with van der Waals surface area (Å²) >= 11 is 0. The molecule has 0 aromatic heterocycles. The van der Waals surface area contributed by atoms with Gasteiger partial charge >= 0.3 is 0 Å². The standard InChI is InChI=1S/C24H28N2O4/c1-28-21-6-2-4-19(14-21)26-11-10-25-16-20(26)5-3-12-29-22-7-8-23-18(17-27)9-13-30-24(23)15-22/h2,4,6-9,13-15,17-18,20,25H,3,5,10-12,16H2,1H3. The maximum absolute atomic E-state index is 11.2. The predicted molar refractivity (Wildman–Crippen MR) is 117 cm³/mol. The molecule has 6 heteroatoms. The van der Waals surface area contributed by atoms with Crippen molar-refractivity contribution in [2.75, 3.05) is 38.3 Å². The first kappa shape index (κ1) is 20.3. The highest BCUT2D eigenvalue weighted by atomic mass is 16.5. The highest BCUT2D eigenvalue weighted by Crippen LogP contribution is 2.34. The molecule has 0 bridgehead atoms. The number of carbonyl (C=O) groups is 1. The van der Waals surface area contributed by atoms with E-state index >= 15 is 0 Å². The molecule has 1 saturated heterocycles. The number of nitrogens with one attached hydrogen (secondary N) is 1. The van der Waals surface area contributed by atoms with Crippen molar-refractivity contribution in [3.8, 4) is 17.2 Å². The number of ether oxygens (including phenoxy) is 3. The minimum absolute atomic E-state index is 0.246. The second kappa shape index (κ2) is 9.67. The fourth-order valence-electron chi connectivity index (χ4n) is 4.06. The van der Waals surface area contributed by atoms with Crippen LogP contribution in [0.15, 0.2) is 54.8 Å². The van der Waals surface area contributed by atoms with Crippen molar-refractivity contribution in [1.82, 2.24) is 5.32 Å². The van der Waals surface area contributed by atoms with E-state index in [-0.39, 0.29) is 5.92 Å². The second-order valence-electron chi connectivity index (χ2n) is 7.55. The van der Waals surface area contributed by atoms with Crippen LogP contribution in [0.4, 0.5) is 5.69 Å². The third-order valence-electron chi connectivity index (χ3n) is 5.66. The molecule has 2 aliphatic rings. The number of allylic oxidation sites excluding steroid dienone is 1. The molecular formula is C24H28N2O4. The molecule has 2 unspecified atom stereocenters. The van der Waals surface area contributed by atoms with Gasteiger partial charge in [-0.05, 0) is 37.1 Å². The Hall–Kier alpha value is -2.99. The van der Waals surface area contributed by atoms with Gasteiger partial charge in [-0.1, -0.05) is 12.1 Å². The molecule has 2 aromatic carbocycles. The summed E-state index contributed by atoms with van der Waals surface area (Å²) in [6, 6.07) is 14.3. The van der Waals surface area contributed by atoms with Crippen LogP contribution in [0.3, 0.4) is 0 Å². The average Bonchev–Trinajstić information content (AvgIpc) is 2.81. The van der Waals surface area contributed by atoms with Crippen LogP contribution >= 0.6 is 0 Å². The SMILES string of the molecule is COc1cccc(N2CCNCC2CCCOc2ccc3c(c2)OC=CC3C=O)c1. The Morgan fingerprint density at radius 1 is 1.23 bits per heavy atom. The van der Waals surface area contributed by atoms with E-state index in [1.807, 2.05) is 30.3 Å². The summed E-state index contributed by atoms with van der Waals surface area (Å²) in [5.41, 5.74) is 2.08. The smallest absolute Gasteiger partial charge is 0.134 e. The molecule has 6 nitrogen and oxygen atoms in total. The number of hydrogen-bond donors (Lipinski definition) is 1. The summed E-state index contributed by atoms with van der Waals surface area (Å²) in [5, 5.41) is 3.50. The highest BCUT2D eigenvalue weighted by Gasteiger charge is 2.22. The topological polar surface area (TPSA) is 60.0 Å². The van der Waals surface area contributed by atoms with Crippen molar-refractivity contribution in [2.24, 2.45) is 0 Å². The van der Waals surface area contributed by atoms with Gasteiger partial charge in [0.1, 0.15) is 23.5 Å². The van der Waals surface area contributed by atoms with Gasteiger partial charge in [0.25, 0.3) is 0 Å². The monoisotopic (exact) mass is 408 g/mol. The number of aldehydes is 1. The third-order valence-corrected chi connectivity index (χ3v) is 5.66. The number of hydrogen-bond acceptors (Lipinski definition) is 6. The van der Waals surface area contributed by atoms with Crippen molar-refractivity contribution in [1.29, 1.82) is 0 Å². The Morgan fingerprint density at radius 3 is 3.03 bits per heavy atom. The zero-order valence-corrected chi connectivity index (χ0v) is 17.3. The van der Waals surface area contributed by atoms with E-state index < -0.39 is 0 Å². The molecule has 2 heterocycles. The Balaban J connectivity index is 1.32. The first-order chi connectivity index (χ1) is 14.8. The number of anilines is 1. The summed E-state index contributed by atoms with van der Waals surface area (Å²) in [6.45, 7) is 3.55. The van der Waals surface area contributed by atoms with Crippen LogP contribution in [-0.2, 0) is 4.79 Å². The van der Waals surface area contributed by atoms with Crippen molar-refractivity contribution < 1.29 is 19.0 Å². The van der Waals surface area contributed by atoms with Crippen molar-refractivity contribution in [2.45, 2.75) is 24.8 Å². The summed E-state index contributed by atoms with van der Waals surface area (Å²) in [5.74, 6) is 2.09. The van der Waals surface area contributed by atoms with Gasteiger partial charge in [-0.25, -0.2) is 0 Å². The van der Waals surface area contributed by atoms with Crippen LogP contribution in [0.2, 0.25) is 0 Å². The van der Waals surface area contributed by atoms with Gasteiger partial charge in [0.2, 0.25) is 0 Å². The van der Waals surface area contributed by atoms with E-state index in [0.29, 0.717) is 18.4 Å². The lowest BCUT2D eigenvalue weighted by Gasteiger charge is -2.38. The van der Waals surface area contributed by atoms with E-state index in [9.17, 15) is 4.79 Å². The van der Waals surface area contributed by atoms with E-state index in [0.717, 1.165) is 55.8 Å². The van der Waals surface area contributed by atoms with Gasteiger partial charge in [0, 0.05) is 49.1 Å². The molecule has 0 aliphatic carbocycles. The normalized spacial score (nSPS) is 20.2. The van der Waals surface area contributed by atoms with Crippen molar-refractivity contribution >= 4 is 12.0 Å². The maximum Gasteiger partial charge on any atom is 0.134 e. The molecule has 0 saturated carbocycles. The molecule has 2 aromatic rings. The van der Waals surface area contributed by atoms with Crippen LogP contribution in [0.5, 0.6) is 17.2 Å². The number of benzene rings is 2. The summed E-state index contributed by atoms with van der Waals surface area (Å²) in [4.78, 5) is 13.6. The third kappa shape index (κ3) is 4.60. The van der Waals surface area contributed by atoms with Gasteiger partial charge in [-0.15, -0.1) is 0 Å². The molecule has 1 N–H and O–H groups in total. The fraction of sp³-hybridized carbons (Fsp3) is 0.375. The second-order valence-corrected chi connectivity index (χ2v) is 7.55. The number of rotatable bonds is 8. The summed E-state index contributed by atoms with van der Waals surface area (Å²) in [6.07, 6.45) is 6.21. The van der Waals surface area contributed by atoms with E-state index in [2.05, 4.69) is 22.3 Å². The lowest BCUT2D eigenvalue weighted by Crippen LogP contribution is -2.51. The number of carbonyl (C=O) groups excluding carboxylic acids is 1. The van der Waals surface area contributed by atoms with Crippen LogP contribution in [0.25, 0.3) is 0 Å². The van der Waals surface area contributed by atoms with E-state index in [4.69, 9.17) is 14.2 Å². The minimum atomic E-state index is -0.246. The summed E-state index contributed by atoms with van der Waals surface area (Å²) < 4.78 is 16.9.